The molecule has 2 aromatic carbocycles. The molecule has 0 spiro atoms. The molecular weight excluding hydrogens is 372 g/mol. The number of anilines is 1. The minimum atomic E-state index is 0.319. The van der Waals surface area contributed by atoms with Crippen molar-refractivity contribution < 1.29 is 4.79 Å². The molecule has 3 fully saturated rings. The number of nitrogens with one attached hydrogen (secondary N) is 1. The third-order valence-corrected chi connectivity index (χ3v) is 7.14. The van der Waals surface area contributed by atoms with Crippen LogP contribution in [0, 0.1) is 17.2 Å². The average molecular weight is 399 g/mol. The quantitative estimate of drug-likeness (QED) is 0.794. The largest absolute Gasteiger partial charge is 0.382 e. The third-order valence-electron chi connectivity index (χ3n) is 7.14. The van der Waals surface area contributed by atoms with Crippen LogP contribution < -0.4 is 5.32 Å². The molecule has 0 radical (unpaired) electrons. The van der Waals surface area contributed by atoms with Crippen LogP contribution in [-0.4, -0.2) is 41.4 Å². The van der Waals surface area contributed by atoms with Gasteiger partial charge >= 0.3 is 0 Å². The smallest absolute Gasteiger partial charge is 0.225 e. The topological polar surface area (TPSA) is 59.1 Å². The van der Waals surface area contributed by atoms with Crippen molar-refractivity contribution in [2.24, 2.45) is 5.92 Å². The van der Waals surface area contributed by atoms with Crippen LogP contribution >= 0.6 is 0 Å². The van der Waals surface area contributed by atoms with Gasteiger partial charge in [0.05, 0.1) is 11.6 Å². The maximum Gasteiger partial charge on any atom is 0.225 e. The van der Waals surface area contributed by atoms with Crippen LogP contribution in [0.4, 0.5) is 5.69 Å². The summed E-state index contributed by atoms with van der Waals surface area (Å²) in [5.74, 6) is 0.695. The molecule has 3 aliphatic heterocycles. The molecule has 2 atom stereocenters. The molecule has 1 amide bonds. The average Bonchev–Trinajstić information content (AvgIpc) is 3.71. The molecule has 0 bridgehead atoms. The fourth-order valence-corrected chi connectivity index (χ4v) is 5.13. The van der Waals surface area contributed by atoms with Crippen LogP contribution in [0.2, 0.25) is 0 Å². The van der Waals surface area contributed by atoms with E-state index in [1.807, 2.05) is 18.2 Å². The Morgan fingerprint density at radius 1 is 1.07 bits per heavy atom. The monoisotopic (exact) mass is 398 g/mol. The summed E-state index contributed by atoms with van der Waals surface area (Å²) in [4.78, 5) is 16.9. The predicted octanol–water partition coefficient (Wildman–Crippen LogP) is 3.91. The summed E-state index contributed by atoms with van der Waals surface area (Å²) in [5, 5.41) is 13.1. The van der Waals surface area contributed by atoms with Gasteiger partial charge in [-0.15, -0.1) is 0 Å². The lowest BCUT2D eigenvalue weighted by Crippen LogP contribution is -2.43. The van der Waals surface area contributed by atoms with Gasteiger partial charge in [-0.25, -0.2) is 0 Å². The molecule has 0 aromatic heterocycles. The first-order valence-electron chi connectivity index (χ1n) is 11.2. The molecule has 6 rings (SSSR count). The molecule has 2 saturated heterocycles. The van der Waals surface area contributed by atoms with Crippen molar-refractivity contribution in [1.82, 2.24) is 9.80 Å². The summed E-state index contributed by atoms with van der Waals surface area (Å²) in [6, 6.07) is 15.7. The van der Waals surface area contributed by atoms with Crippen LogP contribution in [-0.2, 0) is 11.3 Å². The summed E-state index contributed by atoms with van der Waals surface area (Å²) in [6.45, 7) is 3.93. The SMILES string of the molecule is N#Cc1cccc(-c2cc(NC3CCN(C(=O)C4CC4)CC3)c3c(c2)C2CN2C3)c1. The van der Waals surface area contributed by atoms with E-state index in [1.54, 1.807) is 0 Å². The van der Waals surface area contributed by atoms with Gasteiger partial charge in [0.2, 0.25) is 5.91 Å². The van der Waals surface area contributed by atoms with Crippen molar-refractivity contribution in [3.8, 4) is 17.2 Å². The number of carbonyl (C=O) groups excluding carboxylic acids is 1. The van der Waals surface area contributed by atoms with Gasteiger partial charge in [-0.2, -0.15) is 5.26 Å². The van der Waals surface area contributed by atoms with Gasteiger partial charge < -0.3 is 10.2 Å². The maximum atomic E-state index is 12.4. The number of piperidine rings is 1. The second kappa shape index (κ2) is 6.85. The van der Waals surface area contributed by atoms with Crippen molar-refractivity contribution >= 4 is 11.6 Å². The van der Waals surface area contributed by atoms with Crippen LogP contribution in [0.1, 0.15) is 48.4 Å². The fourth-order valence-electron chi connectivity index (χ4n) is 5.13. The predicted molar refractivity (Wildman–Crippen MR) is 116 cm³/mol. The molecule has 30 heavy (non-hydrogen) atoms. The molecule has 152 valence electrons. The number of nitriles is 1. The second-order valence-corrected chi connectivity index (χ2v) is 9.25. The van der Waals surface area contributed by atoms with E-state index < -0.39 is 0 Å². The Morgan fingerprint density at radius 3 is 2.67 bits per heavy atom. The number of likely N-dealkylation sites (tertiary alicyclic amines) is 1. The number of amides is 1. The highest BCUT2D eigenvalue weighted by Gasteiger charge is 2.44. The maximum absolute atomic E-state index is 12.4. The summed E-state index contributed by atoms with van der Waals surface area (Å²) in [7, 11) is 0. The van der Waals surface area contributed by atoms with Crippen LogP contribution in [0.3, 0.4) is 0 Å². The second-order valence-electron chi connectivity index (χ2n) is 9.25. The lowest BCUT2D eigenvalue weighted by molar-refractivity contribution is -0.133. The Bertz CT molecular complexity index is 1060. The van der Waals surface area contributed by atoms with E-state index in [9.17, 15) is 10.1 Å². The highest BCUT2D eigenvalue weighted by Crippen LogP contribution is 2.49. The zero-order chi connectivity index (χ0) is 20.2. The number of nitrogens with zero attached hydrogens (tertiary/aromatic N) is 3. The molecule has 2 unspecified atom stereocenters. The fraction of sp³-hybridized carbons (Fsp3) is 0.440. The number of rotatable bonds is 4. The first-order valence-corrected chi connectivity index (χ1v) is 11.2. The van der Waals surface area contributed by atoms with E-state index in [-0.39, 0.29) is 0 Å². The minimum absolute atomic E-state index is 0.319. The summed E-state index contributed by atoms with van der Waals surface area (Å²) in [5.41, 5.74) is 7.10. The summed E-state index contributed by atoms with van der Waals surface area (Å²) < 4.78 is 0. The minimum Gasteiger partial charge on any atom is -0.382 e. The van der Waals surface area contributed by atoms with Crippen LogP contribution in [0.25, 0.3) is 11.1 Å². The number of hydrogen-bond acceptors (Lipinski definition) is 4. The van der Waals surface area contributed by atoms with E-state index in [0.717, 1.165) is 57.4 Å². The van der Waals surface area contributed by atoms with E-state index in [4.69, 9.17) is 0 Å². The van der Waals surface area contributed by atoms with E-state index in [1.165, 1.54) is 22.4 Å². The van der Waals surface area contributed by atoms with Crippen molar-refractivity contribution in [3.63, 3.8) is 0 Å². The Balaban J connectivity index is 1.25. The molecule has 1 aliphatic carbocycles. The van der Waals surface area contributed by atoms with E-state index in [2.05, 4.69) is 39.4 Å². The van der Waals surface area contributed by atoms with Crippen molar-refractivity contribution in [2.75, 3.05) is 25.0 Å². The lowest BCUT2D eigenvalue weighted by atomic mass is 9.95. The molecular formula is C25H26N4O. The molecule has 4 aliphatic rings. The van der Waals surface area contributed by atoms with Gasteiger partial charge in [-0.3, -0.25) is 9.69 Å². The number of hydrogen-bond donors (Lipinski definition) is 1. The summed E-state index contributed by atoms with van der Waals surface area (Å²) in [6.07, 6.45) is 4.18. The van der Waals surface area contributed by atoms with Crippen molar-refractivity contribution in [1.29, 1.82) is 5.26 Å². The van der Waals surface area contributed by atoms with Gasteiger partial charge in [0.15, 0.2) is 0 Å². The highest BCUT2D eigenvalue weighted by molar-refractivity contribution is 5.81. The number of carbonyl (C=O) groups is 1. The molecule has 3 heterocycles. The van der Waals surface area contributed by atoms with Crippen LogP contribution in [0.5, 0.6) is 0 Å². The first-order chi connectivity index (χ1) is 14.7. The Hall–Kier alpha value is -2.84. The van der Waals surface area contributed by atoms with Gasteiger partial charge in [-0.05, 0) is 72.2 Å². The normalized spacial score (nSPS) is 24.7. The van der Waals surface area contributed by atoms with E-state index >= 15 is 0 Å². The molecule has 5 heteroatoms. The zero-order valence-corrected chi connectivity index (χ0v) is 17.1. The van der Waals surface area contributed by atoms with Crippen molar-refractivity contribution in [3.05, 3.63) is 53.1 Å². The van der Waals surface area contributed by atoms with Crippen LogP contribution in [0.15, 0.2) is 36.4 Å². The van der Waals surface area contributed by atoms with Gasteiger partial charge in [0.1, 0.15) is 0 Å². The first kappa shape index (κ1) is 18.0. The van der Waals surface area contributed by atoms with Crippen molar-refractivity contribution in [2.45, 2.75) is 44.3 Å². The van der Waals surface area contributed by atoms with Gasteiger partial charge in [-0.1, -0.05) is 12.1 Å². The third kappa shape index (κ3) is 3.16. The standard InChI is InChI=1S/C25H26N4O/c26-13-16-2-1-3-18(10-16)19-11-21-22(14-29-15-24(21)29)23(12-19)27-20-6-8-28(9-7-20)25(30)17-4-5-17/h1-3,10-12,17,20,24,27H,4-9,14-15H2. The van der Waals surface area contributed by atoms with Gasteiger partial charge in [0.25, 0.3) is 0 Å². The summed E-state index contributed by atoms with van der Waals surface area (Å²) >= 11 is 0. The number of fused-ring (bicyclic) bond motifs is 3. The molecule has 1 N–H and O–H groups in total. The number of benzene rings is 2. The molecule has 5 nitrogen and oxygen atoms in total. The molecule has 1 saturated carbocycles. The Morgan fingerprint density at radius 2 is 1.90 bits per heavy atom. The highest BCUT2D eigenvalue weighted by atomic mass is 16.2. The zero-order valence-electron chi connectivity index (χ0n) is 17.1. The molecule has 2 aromatic rings. The Labute approximate surface area is 177 Å². The Kier molecular flexibility index (Phi) is 4.10. The van der Waals surface area contributed by atoms with E-state index in [0.29, 0.717) is 29.5 Å². The lowest BCUT2D eigenvalue weighted by Gasteiger charge is -2.33. The van der Waals surface area contributed by atoms with Gasteiger partial charge in [0, 0.05) is 49.9 Å².